The summed E-state index contributed by atoms with van der Waals surface area (Å²) in [5.74, 6) is 1.70. The predicted octanol–water partition coefficient (Wildman–Crippen LogP) is 0.361. The summed E-state index contributed by atoms with van der Waals surface area (Å²) in [6.07, 6.45) is 3.73. The van der Waals surface area contributed by atoms with E-state index >= 15 is 0 Å². The third kappa shape index (κ3) is 3.17. The fraction of sp³-hybridized carbons (Fsp3) is 0.462. The van der Waals surface area contributed by atoms with E-state index in [4.69, 9.17) is 0 Å². The molecule has 0 aliphatic rings. The summed E-state index contributed by atoms with van der Waals surface area (Å²) < 4.78 is 3.99. The largest absolute Gasteiger partial charge is 0.353 e. The van der Waals surface area contributed by atoms with Crippen molar-refractivity contribution in [1.29, 1.82) is 0 Å². The third-order valence-corrected chi connectivity index (χ3v) is 3.23. The molecule has 108 valence electrons. The maximum atomic E-state index is 4.29. The Balaban J connectivity index is 1.95. The number of guanidine groups is 1. The Morgan fingerprint density at radius 2 is 2.20 bits per heavy atom. The summed E-state index contributed by atoms with van der Waals surface area (Å²) in [5, 5.41) is 11.2. The van der Waals surface area contributed by atoms with Crippen molar-refractivity contribution in [2.45, 2.75) is 13.1 Å². The first-order valence-electron chi connectivity index (χ1n) is 6.46. The van der Waals surface area contributed by atoms with Crippen molar-refractivity contribution in [3.05, 3.63) is 36.2 Å². The molecule has 0 fully saturated rings. The van der Waals surface area contributed by atoms with Gasteiger partial charge in [-0.25, -0.2) is 0 Å². The molecule has 0 aliphatic heterocycles. The monoisotopic (exact) mass is 275 g/mol. The molecule has 0 amide bonds. The Morgan fingerprint density at radius 3 is 2.75 bits per heavy atom. The summed E-state index contributed by atoms with van der Waals surface area (Å²) in [5.41, 5.74) is 1.23. The summed E-state index contributed by atoms with van der Waals surface area (Å²) in [4.78, 5) is 6.37. The van der Waals surface area contributed by atoms with Crippen LogP contribution in [0.1, 0.15) is 11.5 Å². The van der Waals surface area contributed by atoms with Crippen LogP contribution in [-0.2, 0) is 27.2 Å². The molecule has 0 bridgehead atoms. The number of rotatable bonds is 4. The van der Waals surface area contributed by atoms with E-state index in [-0.39, 0.29) is 0 Å². The van der Waals surface area contributed by atoms with E-state index in [1.165, 1.54) is 5.69 Å². The number of nitrogens with zero attached hydrogens (tertiary/aromatic N) is 6. The van der Waals surface area contributed by atoms with Gasteiger partial charge in [-0.2, -0.15) is 0 Å². The van der Waals surface area contributed by atoms with Crippen LogP contribution in [0.2, 0.25) is 0 Å². The minimum absolute atomic E-state index is 0.598. The van der Waals surface area contributed by atoms with Crippen LogP contribution in [0.25, 0.3) is 0 Å². The van der Waals surface area contributed by atoms with E-state index in [0.717, 1.165) is 18.3 Å². The van der Waals surface area contributed by atoms with Gasteiger partial charge in [0.05, 0.1) is 13.1 Å². The lowest BCUT2D eigenvalue weighted by atomic mass is 10.4. The van der Waals surface area contributed by atoms with Gasteiger partial charge in [0.2, 0.25) is 0 Å². The quantitative estimate of drug-likeness (QED) is 0.646. The summed E-state index contributed by atoms with van der Waals surface area (Å²) in [6, 6.07) is 4.14. The van der Waals surface area contributed by atoms with Crippen molar-refractivity contribution >= 4 is 5.96 Å². The SMILES string of the molecule is CN=C(NCc1nncn1C)N(C)Cc1cccn1C. The first kappa shape index (κ1) is 14.1. The topological polar surface area (TPSA) is 63.3 Å². The van der Waals surface area contributed by atoms with E-state index in [2.05, 4.69) is 36.0 Å². The fourth-order valence-corrected chi connectivity index (χ4v) is 1.99. The lowest BCUT2D eigenvalue weighted by molar-refractivity contribution is 0.460. The van der Waals surface area contributed by atoms with Crippen LogP contribution >= 0.6 is 0 Å². The van der Waals surface area contributed by atoms with Gasteiger partial charge < -0.3 is 19.4 Å². The van der Waals surface area contributed by atoms with E-state index in [0.29, 0.717) is 6.54 Å². The van der Waals surface area contributed by atoms with Crippen LogP contribution in [0.15, 0.2) is 29.6 Å². The summed E-state index contributed by atoms with van der Waals surface area (Å²) in [7, 11) is 7.76. The first-order chi connectivity index (χ1) is 9.61. The minimum Gasteiger partial charge on any atom is -0.353 e. The zero-order chi connectivity index (χ0) is 14.5. The highest BCUT2D eigenvalue weighted by Crippen LogP contribution is 2.03. The van der Waals surface area contributed by atoms with E-state index in [1.807, 2.05) is 38.0 Å². The molecular weight excluding hydrogens is 254 g/mol. The molecule has 0 aromatic carbocycles. The van der Waals surface area contributed by atoms with Crippen LogP contribution < -0.4 is 5.32 Å². The van der Waals surface area contributed by atoms with Gasteiger partial charge in [-0.1, -0.05) is 0 Å². The van der Waals surface area contributed by atoms with Gasteiger partial charge in [0.1, 0.15) is 6.33 Å². The Kier molecular flexibility index (Phi) is 4.39. The smallest absolute Gasteiger partial charge is 0.194 e. The molecule has 7 nitrogen and oxygen atoms in total. The Bertz CT molecular complexity index is 581. The molecule has 7 heteroatoms. The van der Waals surface area contributed by atoms with Crippen molar-refractivity contribution < 1.29 is 0 Å². The Labute approximate surface area is 118 Å². The molecule has 0 saturated carbocycles. The zero-order valence-electron chi connectivity index (χ0n) is 12.4. The maximum Gasteiger partial charge on any atom is 0.194 e. The molecule has 0 aliphatic carbocycles. The zero-order valence-corrected chi connectivity index (χ0v) is 12.4. The average Bonchev–Trinajstić information content (AvgIpc) is 3.00. The third-order valence-electron chi connectivity index (χ3n) is 3.23. The van der Waals surface area contributed by atoms with Crippen molar-refractivity contribution in [2.75, 3.05) is 14.1 Å². The van der Waals surface area contributed by atoms with Gasteiger partial charge in [-0.05, 0) is 12.1 Å². The van der Waals surface area contributed by atoms with Gasteiger partial charge in [-0.15, -0.1) is 10.2 Å². The van der Waals surface area contributed by atoms with Gasteiger partial charge in [0.25, 0.3) is 0 Å². The lowest BCUT2D eigenvalue weighted by Crippen LogP contribution is -2.38. The van der Waals surface area contributed by atoms with E-state index < -0.39 is 0 Å². The number of hydrogen-bond donors (Lipinski definition) is 1. The summed E-state index contributed by atoms with van der Waals surface area (Å²) >= 11 is 0. The molecule has 20 heavy (non-hydrogen) atoms. The maximum absolute atomic E-state index is 4.29. The van der Waals surface area contributed by atoms with Crippen LogP contribution in [-0.4, -0.2) is 44.3 Å². The molecule has 0 saturated heterocycles. The fourth-order valence-electron chi connectivity index (χ4n) is 1.99. The van der Waals surface area contributed by atoms with Crippen LogP contribution in [0.4, 0.5) is 0 Å². The van der Waals surface area contributed by atoms with Gasteiger partial charge >= 0.3 is 0 Å². The molecule has 2 heterocycles. The molecule has 1 N–H and O–H groups in total. The minimum atomic E-state index is 0.598. The first-order valence-corrected chi connectivity index (χ1v) is 6.46. The number of aromatic nitrogens is 4. The van der Waals surface area contributed by atoms with Crippen molar-refractivity contribution in [1.82, 2.24) is 29.5 Å². The van der Waals surface area contributed by atoms with Crippen molar-refractivity contribution in [3.8, 4) is 0 Å². The molecule has 2 aromatic rings. The normalized spacial score (nSPS) is 11.7. The average molecular weight is 275 g/mol. The molecule has 0 unspecified atom stereocenters. The highest BCUT2D eigenvalue weighted by atomic mass is 15.3. The molecule has 2 aromatic heterocycles. The number of aliphatic imine (C=N–C) groups is 1. The second kappa shape index (κ2) is 6.23. The van der Waals surface area contributed by atoms with E-state index in [9.17, 15) is 0 Å². The molecule has 0 atom stereocenters. The van der Waals surface area contributed by atoms with Crippen LogP contribution in [0.5, 0.6) is 0 Å². The standard InChI is InChI=1S/C13H21N7/c1-14-13(15-8-12-17-16-10-20(12)4)19(3)9-11-6-5-7-18(11)2/h5-7,10H,8-9H2,1-4H3,(H,14,15). The lowest BCUT2D eigenvalue weighted by Gasteiger charge is -2.22. The molecule has 0 radical (unpaired) electrons. The van der Waals surface area contributed by atoms with Gasteiger partial charge in [0.15, 0.2) is 11.8 Å². The van der Waals surface area contributed by atoms with E-state index in [1.54, 1.807) is 13.4 Å². The predicted molar refractivity (Wildman–Crippen MR) is 78.1 cm³/mol. The van der Waals surface area contributed by atoms with Gasteiger partial charge in [-0.3, -0.25) is 4.99 Å². The molecule has 0 spiro atoms. The van der Waals surface area contributed by atoms with Crippen molar-refractivity contribution in [3.63, 3.8) is 0 Å². The van der Waals surface area contributed by atoms with Crippen molar-refractivity contribution in [2.24, 2.45) is 19.1 Å². The Morgan fingerprint density at radius 1 is 1.40 bits per heavy atom. The second-order valence-electron chi connectivity index (χ2n) is 4.73. The highest BCUT2D eigenvalue weighted by molar-refractivity contribution is 5.79. The molecule has 2 rings (SSSR count). The van der Waals surface area contributed by atoms with Crippen LogP contribution in [0.3, 0.4) is 0 Å². The number of nitrogens with one attached hydrogen (secondary N) is 1. The number of hydrogen-bond acceptors (Lipinski definition) is 3. The second-order valence-corrected chi connectivity index (χ2v) is 4.73. The molecular formula is C13H21N7. The Hall–Kier alpha value is -2.31. The van der Waals surface area contributed by atoms with Gasteiger partial charge in [0, 0.05) is 40.1 Å². The highest BCUT2D eigenvalue weighted by Gasteiger charge is 2.09. The number of aryl methyl sites for hydroxylation is 2. The summed E-state index contributed by atoms with van der Waals surface area (Å²) in [6.45, 7) is 1.39. The van der Waals surface area contributed by atoms with Crippen LogP contribution in [0, 0.1) is 0 Å².